The molecule has 2 unspecified atom stereocenters. The van der Waals surface area contributed by atoms with Crippen molar-refractivity contribution < 1.29 is 28.6 Å². The number of benzene rings is 3. The van der Waals surface area contributed by atoms with Crippen LogP contribution in [0, 0.1) is 18.7 Å². The van der Waals surface area contributed by atoms with Gasteiger partial charge in [-0.3, -0.25) is 9.59 Å². The first kappa shape index (κ1) is 32.6. The maximum absolute atomic E-state index is 15.6. The maximum atomic E-state index is 15.6. The minimum atomic E-state index is -1.49. The predicted molar refractivity (Wildman–Crippen MR) is 166 cm³/mol. The number of methoxy groups -OCH3 is 1. The number of amides is 3. The van der Waals surface area contributed by atoms with E-state index < -0.39 is 23.4 Å². The molecular formula is C34H41FN4O5. The van der Waals surface area contributed by atoms with E-state index in [1.54, 1.807) is 29.2 Å². The number of likely N-dealkylation sites (tertiary alicyclic amines) is 1. The molecule has 1 aliphatic heterocycles. The first-order valence-electron chi connectivity index (χ1n) is 14.9. The van der Waals surface area contributed by atoms with Gasteiger partial charge in [-0.05, 0) is 67.5 Å². The second-order valence-corrected chi connectivity index (χ2v) is 11.3. The predicted octanol–water partition coefficient (Wildman–Crippen LogP) is 4.25. The third-order valence-corrected chi connectivity index (χ3v) is 8.19. The lowest BCUT2D eigenvalue weighted by Gasteiger charge is -2.43. The van der Waals surface area contributed by atoms with Crippen LogP contribution in [0.3, 0.4) is 0 Å². The Kier molecular flexibility index (Phi) is 11.1. The normalized spacial score (nSPS) is 16.2. The molecule has 5 N–H and O–H groups in total. The molecule has 0 bridgehead atoms. The molecule has 0 saturated carbocycles. The van der Waals surface area contributed by atoms with Gasteiger partial charge in [0.2, 0.25) is 5.91 Å². The van der Waals surface area contributed by atoms with Crippen LogP contribution in [-0.4, -0.2) is 61.2 Å². The fraction of sp³-hybridized carbons (Fsp3) is 0.382. The van der Waals surface area contributed by atoms with E-state index in [2.05, 4.69) is 15.4 Å². The quantitative estimate of drug-likeness (QED) is 0.229. The van der Waals surface area contributed by atoms with Crippen molar-refractivity contribution in [2.45, 2.75) is 44.8 Å². The molecule has 9 nitrogen and oxygen atoms in total. The summed E-state index contributed by atoms with van der Waals surface area (Å²) in [6.07, 6.45) is 1.38. The molecule has 3 aromatic rings. The first-order chi connectivity index (χ1) is 21.1. The molecule has 0 aromatic heterocycles. The summed E-state index contributed by atoms with van der Waals surface area (Å²) in [6, 6.07) is 19.4. The molecule has 234 valence electrons. The monoisotopic (exact) mass is 604 g/mol. The molecule has 0 spiro atoms. The lowest BCUT2D eigenvalue weighted by molar-refractivity contribution is -0.117. The SMILES string of the molecule is COC(=O)NCCCC(O)(c1cccc(F)c1-c1cccc(C)c1)C1CCCN(C(=O)c2ccc(CNCC(N)=O)cc2)C1. The van der Waals surface area contributed by atoms with Crippen molar-refractivity contribution in [3.05, 3.63) is 94.8 Å². The van der Waals surface area contributed by atoms with E-state index in [9.17, 15) is 19.5 Å². The van der Waals surface area contributed by atoms with Crippen molar-refractivity contribution >= 4 is 17.9 Å². The minimum Gasteiger partial charge on any atom is -0.453 e. The van der Waals surface area contributed by atoms with E-state index in [4.69, 9.17) is 5.73 Å². The van der Waals surface area contributed by atoms with Crippen LogP contribution in [0.5, 0.6) is 0 Å². The highest BCUT2D eigenvalue weighted by Gasteiger charge is 2.43. The molecule has 3 amide bonds. The number of carbonyl (C=O) groups excluding carboxylic acids is 3. The Morgan fingerprint density at radius 3 is 2.57 bits per heavy atom. The number of nitrogens with two attached hydrogens (primary N) is 1. The molecule has 3 aromatic carbocycles. The van der Waals surface area contributed by atoms with Gasteiger partial charge in [0.05, 0.1) is 19.3 Å². The van der Waals surface area contributed by atoms with Crippen molar-refractivity contribution in [1.82, 2.24) is 15.5 Å². The van der Waals surface area contributed by atoms with Crippen LogP contribution in [0.2, 0.25) is 0 Å². The summed E-state index contributed by atoms with van der Waals surface area (Å²) in [5.41, 5.74) is 7.54. The summed E-state index contributed by atoms with van der Waals surface area (Å²) in [7, 11) is 1.29. The molecular weight excluding hydrogens is 563 g/mol. The van der Waals surface area contributed by atoms with Gasteiger partial charge in [0.15, 0.2) is 0 Å². The van der Waals surface area contributed by atoms with Crippen LogP contribution in [0.1, 0.15) is 52.7 Å². The summed E-state index contributed by atoms with van der Waals surface area (Å²) >= 11 is 0. The van der Waals surface area contributed by atoms with Crippen molar-refractivity contribution in [3.63, 3.8) is 0 Å². The molecule has 4 rings (SSSR count). The number of aliphatic hydroxyl groups is 1. The van der Waals surface area contributed by atoms with E-state index in [-0.39, 0.29) is 37.9 Å². The Bertz CT molecular complexity index is 1460. The number of piperidine rings is 1. The maximum Gasteiger partial charge on any atom is 0.406 e. The minimum absolute atomic E-state index is 0.0639. The molecule has 1 heterocycles. The third-order valence-electron chi connectivity index (χ3n) is 8.19. The van der Waals surface area contributed by atoms with Crippen LogP contribution in [0.25, 0.3) is 11.1 Å². The van der Waals surface area contributed by atoms with Gasteiger partial charge < -0.3 is 31.1 Å². The fourth-order valence-corrected chi connectivity index (χ4v) is 5.99. The van der Waals surface area contributed by atoms with Crippen LogP contribution in [-0.2, 0) is 21.7 Å². The number of hydrogen-bond donors (Lipinski definition) is 4. The second kappa shape index (κ2) is 14.9. The van der Waals surface area contributed by atoms with Crippen LogP contribution in [0.4, 0.5) is 9.18 Å². The van der Waals surface area contributed by atoms with Gasteiger partial charge in [0.1, 0.15) is 5.82 Å². The van der Waals surface area contributed by atoms with Crippen LogP contribution in [0.15, 0.2) is 66.7 Å². The van der Waals surface area contributed by atoms with Crippen molar-refractivity contribution in [3.8, 4) is 11.1 Å². The summed E-state index contributed by atoms with van der Waals surface area (Å²) < 4.78 is 20.3. The summed E-state index contributed by atoms with van der Waals surface area (Å²) in [5, 5.41) is 18.2. The van der Waals surface area contributed by atoms with Crippen molar-refractivity contribution in [1.29, 1.82) is 0 Å². The van der Waals surface area contributed by atoms with Gasteiger partial charge in [-0.25, -0.2) is 9.18 Å². The van der Waals surface area contributed by atoms with E-state index in [1.807, 2.05) is 43.3 Å². The van der Waals surface area contributed by atoms with Crippen LogP contribution >= 0.6 is 0 Å². The molecule has 10 heteroatoms. The summed E-state index contributed by atoms with van der Waals surface area (Å²) in [4.78, 5) is 38.0. The van der Waals surface area contributed by atoms with Crippen LogP contribution < -0.4 is 16.4 Å². The highest BCUT2D eigenvalue weighted by molar-refractivity contribution is 5.94. The Balaban J connectivity index is 1.61. The number of primary amides is 1. The van der Waals surface area contributed by atoms with Gasteiger partial charge >= 0.3 is 6.09 Å². The molecule has 0 aliphatic carbocycles. The average Bonchev–Trinajstić information content (AvgIpc) is 3.02. The average molecular weight is 605 g/mol. The largest absolute Gasteiger partial charge is 0.453 e. The number of ether oxygens (including phenoxy) is 1. The van der Waals surface area contributed by atoms with Gasteiger partial charge in [-0.15, -0.1) is 0 Å². The highest BCUT2D eigenvalue weighted by Crippen LogP contribution is 2.44. The molecule has 2 atom stereocenters. The highest BCUT2D eigenvalue weighted by atomic mass is 19.1. The lowest BCUT2D eigenvalue weighted by atomic mass is 9.72. The number of hydrogen-bond acceptors (Lipinski definition) is 6. The zero-order valence-electron chi connectivity index (χ0n) is 25.3. The Labute approximate surface area is 257 Å². The number of aryl methyl sites for hydroxylation is 1. The second-order valence-electron chi connectivity index (χ2n) is 11.3. The number of alkyl carbamates (subject to hydrolysis) is 1. The number of rotatable bonds is 12. The number of carbonyl (C=O) groups is 3. The van der Waals surface area contributed by atoms with E-state index in [0.717, 1.165) is 11.1 Å². The Morgan fingerprint density at radius 2 is 1.86 bits per heavy atom. The molecule has 1 fully saturated rings. The standard InChI is InChI=1S/C34H41FN4O5/c1-23-7-3-8-26(19-23)31-28(10-4-11-29(31)35)34(43,16-6-17-38-33(42)44-2)27-9-5-18-39(22-27)32(41)25-14-12-24(13-15-25)20-37-21-30(36)40/h3-4,7-8,10-15,19,27,37,43H,5-6,9,16-18,20-22H2,1-2H3,(H2,36,40)(H,38,42). The van der Waals surface area contributed by atoms with Gasteiger partial charge in [-0.1, -0.05) is 54.1 Å². The molecule has 44 heavy (non-hydrogen) atoms. The third kappa shape index (κ3) is 8.00. The first-order valence-corrected chi connectivity index (χ1v) is 14.9. The Morgan fingerprint density at radius 1 is 1.11 bits per heavy atom. The number of nitrogens with one attached hydrogen (secondary N) is 2. The van der Waals surface area contributed by atoms with Gasteiger partial charge in [0, 0.05) is 43.2 Å². The summed E-state index contributed by atoms with van der Waals surface area (Å²) in [6.45, 7) is 3.52. The zero-order chi connectivity index (χ0) is 31.7. The number of halogens is 1. The topological polar surface area (TPSA) is 134 Å². The zero-order valence-corrected chi connectivity index (χ0v) is 25.3. The number of nitrogens with zero attached hydrogens (tertiary/aromatic N) is 1. The smallest absolute Gasteiger partial charge is 0.406 e. The fourth-order valence-electron chi connectivity index (χ4n) is 5.99. The van der Waals surface area contributed by atoms with Gasteiger partial charge in [-0.2, -0.15) is 0 Å². The molecule has 1 saturated heterocycles. The van der Waals surface area contributed by atoms with E-state index in [1.165, 1.54) is 13.2 Å². The Hall–Kier alpha value is -4.28. The summed E-state index contributed by atoms with van der Waals surface area (Å²) in [5.74, 6) is -1.42. The molecule has 1 aliphatic rings. The van der Waals surface area contributed by atoms with E-state index >= 15 is 4.39 Å². The van der Waals surface area contributed by atoms with E-state index in [0.29, 0.717) is 54.6 Å². The van der Waals surface area contributed by atoms with Gasteiger partial charge in [0.25, 0.3) is 5.91 Å². The van der Waals surface area contributed by atoms with Crippen molar-refractivity contribution in [2.24, 2.45) is 11.7 Å². The molecule has 0 radical (unpaired) electrons. The van der Waals surface area contributed by atoms with Crippen molar-refractivity contribution in [2.75, 3.05) is 33.3 Å². The lowest BCUT2D eigenvalue weighted by Crippen LogP contribution is -2.48.